The lowest BCUT2D eigenvalue weighted by atomic mass is 9.88. The lowest BCUT2D eigenvalue weighted by Crippen LogP contribution is -2.63. The molecule has 98 valence electrons. The summed E-state index contributed by atoms with van der Waals surface area (Å²) in [6, 6.07) is 0. The summed E-state index contributed by atoms with van der Waals surface area (Å²) in [6.07, 6.45) is 0.558. The van der Waals surface area contributed by atoms with Crippen molar-refractivity contribution in [3.8, 4) is 0 Å². The van der Waals surface area contributed by atoms with Crippen molar-refractivity contribution in [2.75, 3.05) is 26.3 Å². The second kappa shape index (κ2) is 4.14. The zero-order valence-corrected chi connectivity index (χ0v) is 10.7. The first-order valence-electron chi connectivity index (χ1n) is 6.06. The van der Waals surface area contributed by atoms with Gasteiger partial charge in [-0.2, -0.15) is 0 Å². The van der Waals surface area contributed by atoms with E-state index in [9.17, 15) is 4.79 Å². The lowest BCUT2D eigenvalue weighted by molar-refractivity contribution is -0.109. The molecular weight excluding hydrogens is 222 g/mol. The Hall–Kier alpha value is -0.810. The zero-order valence-electron chi connectivity index (χ0n) is 10.7. The first-order chi connectivity index (χ1) is 7.84. The molecule has 2 saturated heterocycles. The number of aliphatic hydroxyl groups excluding tert-OH is 1. The molecular formula is C12H21NO4. The van der Waals surface area contributed by atoms with Crippen LogP contribution in [0.3, 0.4) is 0 Å². The van der Waals surface area contributed by atoms with E-state index < -0.39 is 5.60 Å². The van der Waals surface area contributed by atoms with Gasteiger partial charge < -0.3 is 19.5 Å². The van der Waals surface area contributed by atoms with Gasteiger partial charge in [0.1, 0.15) is 11.2 Å². The smallest absolute Gasteiger partial charge is 0.410 e. The molecule has 2 fully saturated rings. The summed E-state index contributed by atoms with van der Waals surface area (Å²) in [6.45, 7) is 7.49. The SMILES string of the molecule is CC(C)(C)OC(=O)N1CC2(C[C@H](CO)CO2)C1. The maximum atomic E-state index is 11.7. The van der Waals surface area contributed by atoms with E-state index >= 15 is 0 Å². The van der Waals surface area contributed by atoms with Gasteiger partial charge >= 0.3 is 6.09 Å². The number of amides is 1. The maximum Gasteiger partial charge on any atom is 0.410 e. The van der Waals surface area contributed by atoms with Crippen molar-refractivity contribution in [3.05, 3.63) is 0 Å². The van der Waals surface area contributed by atoms with Crippen LogP contribution in [0.1, 0.15) is 27.2 Å². The quantitative estimate of drug-likeness (QED) is 0.746. The van der Waals surface area contributed by atoms with Gasteiger partial charge in [-0.3, -0.25) is 0 Å². The summed E-state index contributed by atoms with van der Waals surface area (Å²) in [5, 5.41) is 9.06. The number of carbonyl (C=O) groups is 1. The van der Waals surface area contributed by atoms with E-state index in [2.05, 4.69) is 0 Å². The fourth-order valence-corrected chi connectivity index (χ4v) is 2.38. The van der Waals surface area contributed by atoms with Crippen LogP contribution in [0.15, 0.2) is 0 Å². The number of hydrogen-bond acceptors (Lipinski definition) is 4. The second-order valence-electron chi connectivity index (χ2n) is 6.08. The minimum Gasteiger partial charge on any atom is -0.444 e. The summed E-state index contributed by atoms with van der Waals surface area (Å²) < 4.78 is 11.0. The van der Waals surface area contributed by atoms with Crippen LogP contribution in [0.25, 0.3) is 0 Å². The predicted octanol–water partition coefficient (Wildman–Crippen LogP) is 1.00. The maximum absolute atomic E-state index is 11.7. The van der Waals surface area contributed by atoms with E-state index in [1.54, 1.807) is 4.90 Å². The highest BCUT2D eigenvalue weighted by Gasteiger charge is 2.51. The van der Waals surface area contributed by atoms with E-state index in [0.29, 0.717) is 19.7 Å². The number of aliphatic hydroxyl groups is 1. The van der Waals surface area contributed by atoms with Gasteiger partial charge in [-0.25, -0.2) is 4.79 Å². The monoisotopic (exact) mass is 243 g/mol. The van der Waals surface area contributed by atoms with E-state index in [-0.39, 0.29) is 24.2 Å². The average molecular weight is 243 g/mol. The van der Waals surface area contributed by atoms with Crippen molar-refractivity contribution in [1.29, 1.82) is 0 Å². The fourth-order valence-electron chi connectivity index (χ4n) is 2.38. The molecule has 0 saturated carbocycles. The fraction of sp³-hybridized carbons (Fsp3) is 0.917. The van der Waals surface area contributed by atoms with Crippen LogP contribution in [-0.4, -0.2) is 53.6 Å². The Labute approximate surface area is 102 Å². The molecule has 1 amide bonds. The molecule has 0 aliphatic carbocycles. The third-order valence-electron chi connectivity index (χ3n) is 3.15. The number of nitrogens with zero attached hydrogens (tertiary/aromatic N) is 1. The summed E-state index contributed by atoms with van der Waals surface area (Å²) in [7, 11) is 0. The highest BCUT2D eigenvalue weighted by Crippen LogP contribution is 2.38. The van der Waals surface area contributed by atoms with Crippen molar-refractivity contribution >= 4 is 6.09 Å². The van der Waals surface area contributed by atoms with Crippen LogP contribution in [0.2, 0.25) is 0 Å². The van der Waals surface area contributed by atoms with Crippen molar-refractivity contribution in [1.82, 2.24) is 4.90 Å². The highest BCUT2D eigenvalue weighted by atomic mass is 16.6. The molecule has 17 heavy (non-hydrogen) atoms. The number of carbonyl (C=O) groups excluding carboxylic acids is 1. The van der Waals surface area contributed by atoms with Crippen LogP contribution in [0, 0.1) is 5.92 Å². The van der Waals surface area contributed by atoms with E-state index in [1.807, 2.05) is 20.8 Å². The molecule has 0 aromatic heterocycles. The molecule has 2 aliphatic rings. The molecule has 2 rings (SSSR count). The first kappa shape index (κ1) is 12.6. The minimum atomic E-state index is -0.454. The van der Waals surface area contributed by atoms with Crippen LogP contribution < -0.4 is 0 Å². The molecule has 5 heteroatoms. The van der Waals surface area contributed by atoms with Crippen molar-refractivity contribution in [2.24, 2.45) is 5.92 Å². The van der Waals surface area contributed by atoms with Crippen LogP contribution in [0.5, 0.6) is 0 Å². The highest BCUT2D eigenvalue weighted by molar-refractivity contribution is 5.69. The first-order valence-corrected chi connectivity index (χ1v) is 6.06. The minimum absolute atomic E-state index is 0.161. The van der Waals surface area contributed by atoms with E-state index in [1.165, 1.54) is 0 Å². The van der Waals surface area contributed by atoms with Gasteiger partial charge in [0.25, 0.3) is 0 Å². The Morgan fingerprint density at radius 1 is 1.53 bits per heavy atom. The van der Waals surface area contributed by atoms with Crippen LogP contribution >= 0.6 is 0 Å². The topological polar surface area (TPSA) is 59.0 Å². The molecule has 5 nitrogen and oxygen atoms in total. The third kappa shape index (κ3) is 2.72. The van der Waals surface area contributed by atoms with E-state index in [4.69, 9.17) is 14.6 Å². The van der Waals surface area contributed by atoms with E-state index in [0.717, 1.165) is 6.42 Å². The largest absolute Gasteiger partial charge is 0.444 e. The Kier molecular flexibility index (Phi) is 3.08. The molecule has 0 aromatic carbocycles. The Balaban J connectivity index is 1.81. The lowest BCUT2D eigenvalue weighted by Gasteiger charge is -2.46. The summed E-state index contributed by atoms with van der Waals surface area (Å²) >= 11 is 0. The van der Waals surface area contributed by atoms with Crippen molar-refractivity contribution in [2.45, 2.75) is 38.4 Å². The number of likely N-dealkylation sites (tertiary alicyclic amines) is 1. The second-order valence-corrected chi connectivity index (χ2v) is 6.08. The molecule has 0 bridgehead atoms. The molecule has 0 aromatic rings. The van der Waals surface area contributed by atoms with Crippen LogP contribution in [0.4, 0.5) is 4.79 Å². The molecule has 1 N–H and O–H groups in total. The average Bonchev–Trinajstić information content (AvgIpc) is 2.56. The van der Waals surface area contributed by atoms with Gasteiger partial charge in [-0.15, -0.1) is 0 Å². The molecule has 2 aliphatic heterocycles. The zero-order chi connectivity index (χ0) is 12.7. The summed E-state index contributed by atoms with van der Waals surface area (Å²) in [5.41, 5.74) is -0.672. The molecule has 2 heterocycles. The summed E-state index contributed by atoms with van der Waals surface area (Å²) in [4.78, 5) is 13.4. The Morgan fingerprint density at radius 3 is 2.65 bits per heavy atom. The van der Waals surface area contributed by atoms with Gasteiger partial charge in [0, 0.05) is 12.5 Å². The Morgan fingerprint density at radius 2 is 2.18 bits per heavy atom. The summed E-state index contributed by atoms with van der Waals surface area (Å²) in [5.74, 6) is 0.218. The third-order valence-corrected chi connectivity index (χ3v) is 3.15. The number of ether oxygens (including phenoxy) is 2. The van der Waals surface area contributed by atoms with Gasteiger partial charge in [0.2, 0.25) is 0 Å². The molecule has 1 atom stereocenters. The van der Waals surface area contributed by atoms with Crippen LogP contribution in [-0.2, 0) is 9.47 Å². The predicted molar refractivity (Wildman–Crippen MR) is 61.7 cm³/mol. The van der Waals surface area contributed by atoms with Gasteiger partial charge in [-0.1, -0.05) is 0 Å². The number of rotatable bonds is 1. The Bertz CT molecular complexity index is 304. The number of hydrogen-bond donors (Lipinski definition) is 1. The normalized spacial score (nSPS) is 27.1. The van der Waals surface area contributed by atoms with Gasteiger partial charge in [-0.05, 0) is 27.2 Å². The van der Waals surface area contributed by atoms with Crippen molar-refractivity contribution in [3.63, 3.8) is 0 Å². The standard InChI is InChI=1S/C12H21NO4/c1-11(2,3)17-10(15)13-7-12(8-13)4-9(5-14)6-16-12/h9,14H,4-8H2,1-3H3/t9-/m1/s1. The molecule has 0 radical (unpaired) electrons. The van der Waals surface area contributed by atoms with Crippen molar-refractivity contribution < 1.29 is 19.4 Å². The molecule has 0 unspecified atom stereocenters. The van der Waals surface area contributed by atoms with Gasteiger partial charge in [0.05, 0.1) is 19.7 Å². The molecule has 1 spiro atoms. The van der Waals surface area contributed by atoms with Gasteiger partial charge in [0.15, 0.2) is 0 Å².